The summed E-state index contributed by atoms with van der Waals surface area (Å²) in [4.78, 5) is 17.2. The van der Waals surface area contributed by atoms with Crippen LogP contribution in [0.25, 0.3) is 17.8 Å². The van der Waals surface area contributed by atoms with E-state index in [2.05, 4.69) is 16.4 Å². The molecular formula is C17H23N3O2. The number of hydrogen-bond donors (Lipinski definition) is 2. The van der Waals surface area contributed by atoms with Crippen LogP contribution >= 0.6 is 0 Å². The van der Waals surface area contributed by atoms with E-state index in [9.17, 15) is 4.79 Å². The molecule has 2 aliphatic rings. The number of aromatic amines is 1. The van der Waals surface area contributed by atoms with Gasteiger partial charge in [0, 0.05) is 42.5 Å². The molecule has 1 aromatic rings. The summed E-state index contributed by atoms with van der Waals surface area (Å²) in [5, 5.41) is 5.51. The fourth-order valence-corrected chi connectivity index (χ4v) is 2.80. The van der Waals surface area contributed by atoms with Crippen molar-refractivity contribution < 1.29 is 9.53 Å². The Balaban J connectivity index is 1.89. The lowest BCUT2D eigenvalue weighted by Gasteiger charge is -2.28. The predicted molar refractivity (Wildman–Crippen MR) is 87.1 cm³/mol. The maximum Gasteiger partial charge on any atom is 0.414 e. The van der Waals surface area contributed by atoms with Gasteiger partial charge in [-0.2, -0.15) is 0 Å². The molecule has 0 unspecified atom stereocenters. The third kappa shape index (κ3) is 3.03. The van der Waals surface area contributed by atoms with Crippen LogP contribution in [0.4, 0.5) is 4.79 Å². The summed E-state index contributed by atoms with van der Waals surface area (Å²) in [6, 6.07) is 0. The topological polar surface area (TPSA) is 57.4 Å². The lowest BCUT2D eigenvalue weighted by atomic mass is 10.00. The third-order valence-electron chi connectivity index (χ3n) is 3.75. The van der Waals surface area contributed by atoms with Gasteiger partial charge in [-0.05, 0) is 39.2 Å². The van der Waals surface area contributed by atoms with Crippen LogP contribution in [0.2, 0.25) is 0 Å². The lowest BCUT2D eigenvalue weighted by Crippen LogP contribution is -2.36. The van der Waals surface area contributed by atoms with Crippen molar-refractivity contribution in [1.29, 1.82) is 0 Å². The SMILES string of the molecule is CC(C)(C)OC(=O)N1C=C(c2c[nH]c3c2=CCNC=3)CCC1. The minimum atomic E-state index is -0.468. The van der Waals surface area contributed by atoms with Crippen molar-refractivity contribution in [1.82, 2.24) is 15.2 Å². The number of carbonyl (C=O) groups excluding carboxylic acids is 1. The van der Waals surface area contributed by atoms with Crippen LogP contribution in [0, 0.1) is 0 Å². The van der Waals surface area contributed by atoms with Gasteiger partial charge < -0.3 is 15.0 Å². The van der Waals surface area contributed by atoms with Crippen molar-refractivity contribution in [2.24, 2.45) is 0 Å². The van der Waals surface area contributed by atoms with Gasteiger partial charge in [-0.25, -0.2) is 4.79 Å². The fourth-order valence-electron chi connectivity index (χ4n) is 2.80. The van der Waals surface area contributed by atoms with E-state index in [0.29, 0.717) is 6.54 Å². The largest absolute Gasteiger partial charge is 0.443 e. The zero-order valence-corrected chi connectivity index (χ0v) is 13.4. The number of nitrogens with one attached hydrogen (secondary N) is 2. The summed E-state index contributed by atoms with van der Waals surface area (Å²) in [5.74, 6) is 0. The molecule has 2 aliphatic heterocycles. The minimum Gasteiger partial charge on any atom is -0.443 e. The number of amides is 1. The van der Waals surface area contributed by atoms with Crippen molar-refractivity contribution >= 4 is 23.9 Å². The zero-order chi connectivity index (χ0) is 15.7. The Hall–Kier alpha value is -2.17. The molecule has 3 heterocycles. The van der Waals surface area contributed by atoms with Crippen LogP contribution < -0.4 is 15.9 Å². The molecule has 0 radical (unpaired) electrons. The molecular weight excluding hydrogens is 278 g/mol. The first kappa shape index (κ1) is 14.8. The van der Waals surface area contributed by atoms with E-state index in [4.69, 9.17) is 4.74 Å². The number of allylic oxidation sites excluding steroid dienone is 1. The van der Waals surface area contributed by atoms with Crippen LogP contribution in [-0.4, -0.2) is 34.7 Å². The Morgan fingerprint density at radius 1 is 1.36 bits per heavy atom. The average molecular weight is 301 g/mol. The second kappa shape index (κ2) is 5.55. The Bertz CT molecular complexity index is 722. The summed E-state index contributed by atoms with van der Waals surface area (Å²) >= 11 is 0. The summed E-state index contributed by atoms with van der Waals surface area (Å²) in [5.41, 5.74) is 1.90. The second-order valence-corrected chi connectivity index (χ2v) is 6.72. The number of carbonyl (C=O) groups is 1. The summed E-state index contributed by atoms with van der Waals surface area (Å²) < 4.78 is 5.47. The highest BCUT2D eigenvalue weighted by molar-refractivity contribution is 5.75. The number of hydrogen-bond acceptors (Lipinski definition) is 3. The van der Waals surface area contributed by atoms with Crippen molar-refractivity contribution in [2.75, 3.05) is 13.1 Å². The number of nitrogens with zero attached hydrogens (tertiary/aromatic N) is 1. The second-order valence-electron chi connectivity index (χ2n) is 6.72. The molecule has 0 saturated carbocycles. The van der Waals surface area contributed by atoms with Crippen molar-refractivity contribution in [3.05, 3.63) is 28.5 Å². The molecule has 0 spiro atoms. The molecule has 118 valence electrons. The van der Waals surface area contributed by atoms with Gasteiger partial charge in [-0.1, -0.05) is 6.08 Å². The first-order valence-electron chi connectivity index (χ1n) is 7.76. The summed E-state index contributed by atoms with van der Waals surface area (Å²) in [6.45, 7) is 7.21. The number of rotatable bonds is 1. The van der Waals surface area contributed by atoms with Crippen LogP contribution in [0.5, 0.6) is 0 Å². The van der Waals surface area contributed by atoms with E-state index in [1.54, 1.807) is 4.90 Å². The van der Waals surface area contributed by atoms with Crippen molar-refractivity contribution in [3.63, 3.8) is 0 Å². The molecule has 0 aliphatic carbocycles. The molecule has 5 heteroatoms. The van der Waals surface area contributed by atoms with E-state index in [0.717, 1.165) is 24.7 Å². The Kier molecular flexibility index (Phi) is 3.72. The summed E-state index contributed by atoms with van der Waals surface area (Å²) in [7, 11) is 0. The van der Waals surface area contributed by atoms with Crippen LogP contribution in [-0.2, 0) is 4.74 Å². The van der Waals surface area contributed by atoms with E-state index in [1.165, 1.54) is 16.4 Å². The average Bonchev–Trinajstić information content (AvgIpc) is 2.89. The molecule has 22 heavy (non-hydrogen) atoms. The van der Waals surface area contributed by atoms with Gasteiger partial charge in [-0.3, -0.25) is 4.90 Å². The minimum absolute atomic E-state index is 0.272. The molecule has 3 rings (SSSR count). The fraction of sp³-hybridized carbons (Fsp3) is 0.471. The van der Waals surface area contributed by atoms with Crippen LogP contribution in [0.1, 0.15) is 39.2 Å². The first-order valence-corrected chi connectivity index (χ1v) is 7.76. The van der Waals surface area contributed by atoms with Crippen molar-refractivity contribution in [2.45, 2.75) is 39.2 Å². The molecule has 0 fully saturated rings. The van der Waals surface area contributed by atoms with E-state index in [1.807, 2.05) is 39.4 Å². The molecule has 0 saturated heterocycles. The molecule has 0 aromatic carbocycles. The van der Waals surface area contributed by atoms with Gasteiger partial charge in [0.2, 0.25) is 0 Å². The van der Waals surface area contributed by atoms with Gasteiger partial charge in [0.15, 0.2) is 0 Å². The van der Waals surface area contributed by atoms with Gasteiger partial charge in [0.05, 0.1) is 5.35 Å². The zero-order valence-electron chi connectivity index (χ0n) is 13.4. The third-order valence-corrected chi connectivity index (χ3v) is 3.75. The Morgan fingerprint density at radius 2 is 2.18 bits per heavy atom. The number of H-pyrrole nitrogens is 1. The van der Waals surface area contributed by atoms with Crippen LogP contribution in [0.3, 0.4) is 0 Å². The summed E-state index contributed by atoms with van der Waals surface area (Å²) in [6.07, 6.45) is 9.79. The van der Waals surface area contributed by atoms with E-state index >= 15 is 0 Å². The highest BCUT2D eigenvalue weighted by Gasteiger charge is 2.24. The standard InChI is InChI=1S/C17H23N3O2/c1-17(2,3)22-16(21)20-8-4-5-12(11-20)14-9-19-15-10-18-7-6-13(14)15/h6,9-11,18-19H,4-5,7-8H2,1-3H3. The van der Waals surface area contributed by atoms with Gasteiger partial charge in [0.25, 0.3) is 0 Å². The quantitative estimate of drug-likeness (QED) is 0.826. The molecule has 0 bridgehead atoms. The Morgan fingerprint density at radius 3 is 2.95 bits per heavy atom. The van der Waals surface area contributed by atoms with E-state index in [-0.39, 0.29) is 6.09 Å². The number of aromatic nitrogens is 1. The van der Waals surface area contributed by atoms with Gasteiger partial charge in [-0.15, -0.1) is 0 Å². The molecule has 2 N–H and O–H groups in total. The van der Waals surface area contributed by atoms with E-state index < -0.39 is 5.60 Å². The molecule has 0 atom stereocenters. The van der Waals surface area contributed by atoms with Gasteiger partial charge in [0.1, 0.15) is 5.60 Å². The monoisotopic (exact) mass is 301 g/mol. The van der Waals surface area contributed by atoms with Crippen LogP contribution in [0.15, 0.2) is 12.4 Å². The smallest absolute Gasteiger partial charge is 0.414 e. The molecule has 1 aromatic heterocycles. The lowest BCUT2D eigenvalue weighted by molar-refractivity contribution is 0.0329. The van der Waals surface area contributed by atoms with Gasteiger partial charge >= 0.3 is 6.09 Å². The predicted octanol–water partition coefficient (Wildman–Crippen LogP) is 1.51. The first-order chi connectivity index (χ1) is 10.4. The number of fused-ring (bicyclic) bond motifs is 1. The maximum atomic E-state index is 12.2. The highest BCUT2D eigenvalue weighted by atomic mass is 16.6. The maximum absolute atomic E-state index is 12.2. The Labute approximate surface area is 130 Å². The highest BCUT2D eigenvalue weighted by Crippen LogP contribution is 2.23. The molecule has 5 nitrogen and oxygen atoms in total. The number of ether oxygens (including phenoxy) is 1. The molecule has 1 amide bonds. The van der Waals surface area contributed by atoms with Crippen molar-refractivity contribution in [3.8, 4) is 0 Å². The normalized spacial score (nSPS) is 17.6.